The van der Waals surface area contributed by atoms with Gasteiger partial charge in [0.2, 0.25) is 0 Å². The summed E-state index contributed by atoms with van der Waals surface area (Å²) in [7, 11) is 0. The molecule has 0 saturated heterocycles. The van der Waals surface area contributed by atoms with E-state index in [-0.39, 0.29) is 19.0 Å². The van der Waals surface area contributed by atoms with Crippen molar-refractivity contribution in [1.29, 1.82) is 0 Å². The molecule has 3 nitrogen and oxygen atoms in total. The van der Waals surface area contributed by atoms with E-state index in [4.69, 9.17) is 4.74 Å². The molecule has 5 heteroatoms. The van der Waals surface area contributed by atoms with E-state index >= 15 is 0 Å². The van der Waals surface area contributed by atoms with Crippen molar-refractivity contribution < 1.29 is 14.2 Å². The molecule has 0 bridgehead atoms. The van der Waals surface area contributed by atoms with Crippen LogP contribution in [0.3, 0.4) is 0 Å². The van der Waals surface area contributed by atoms with Crippen molar-refractivity contribution in [2.45, 2.75) is 13.0 Å². The molecule has 0 fully saturated rings. The fourth-order valence-corrected chi connectivity index (χ4v) is 2.18. The van der Waals surface area contributed by atoms with Gasteiger partial charge in [-0.25, -0.2) is 4.39 Å². The lowest BCUT2D eigenvalue weighted by molar-refractivity contribution is 0.117. The summed E-state index contributed by atoms with van der Waals surface area (Å²) in [5.74, 6) is 0.354. The first-order valence-electron chi connectivity index (χ1n) is 6.61. The fraction of sp³-hybridized carbons (Fsp3) is 0.250. The molecular formula is C16H17BrFNO2. The highest BCUT2D eigenvalue weighted by molar-refractivity contribution is 9.10. The van der Waals surface area contributed by atoms with Crippen LogP contribution in [-0.4, -0.2) is 24.4 Å². The number of halogens is 2. The minimum absolute atomic E-state index is 0.145. The van der Waals surface area contributed by atoms with Gasteiger partial charge in [0.25, 0.3) is 0 Å². The van der Waals surface area contributed by atoms with E-state index in [0.717, 1.165) is 10.0 Å². The standard InChI is InChI=1S/C16H17BrFNO2/c1-11-3-2-4-14(7-11)21-10-13(20)9-19-16-8-12(17)5-6-15(16)18/h2-8,13,19-20H,9-10H2,1H3. The Kier molecular flexibility index (Phi) is 5.59. The van der Waals surface area contributed by atoms with Gasteiger partial charge in [0.15, 0.2) is 0 Å². The van der Waals surface area contributed by atoms with Crippen LogP contribution in [0.5, 0.6) is 5.75 Å². The Hall–Kier alpha value is -1.59. The highest BCUT2D eigenvalue weighted by atomic mass is 79.9. The molecule has 1 unspecified atom stereocenters. The van der Waals surface area contributed by atoms with Crippen LogP contribution >= 0.6 is 15.9 Å². The molecule has 2 rings (SSSR count). The van der Waals surface area contributed by atoms with Crippen molar-refractivity contribution in [3.63, 3.8) is 0 Å². The summed E-state index contributed by atoms with van der Waals surface area (Å²) in [5.41, 5.74) is 1.44. The van der Waals surface area contributed by atoms with E-state index in [1.54, 1.807) is 12.1 Å². The molecule has 2 N–H and O–H groups in total. The Morgan fingerprint density at radius 3 is 2.86 bits per heavy atom. The van der Waals surface area contributed by atoms with Crippen molar-refractivity contribution >= 4 is 21.6 Å². The average Bonchev–Trinajstić information content (AvgIpc) is 2.46. The third-order valence-corrected chi connectivity index (χ3v) is 3.38. The van der Waals surface area contributed by atoms with Gasteiger partial charge < -0.3 is 15.2 Å². The summed E-state index contributed by atoms with van der Waals surface area (Å²) >= 11 is 3.28. The molecule has 0 heterocycles. The number of hydrogen-bond acceptors (Lipinski definition) is 3. The van der Waals surface area contributed by atoms with Crippen molar-refractivity contribution in [1.82, 2.24) is 0 Å². The maximum absolute atomic E-state index is 13.5. The number of ether oxygens (including phenoxy) is 1. The molecule has 2 aromatic carbocycles. The highest BCUT2D eigenvalue weighted by Gasteiger charge is 2.08. The first-order chi connectivity index (χ1) is 10.0. The zero-order chi connectivity index (χ0) is 15.2. The molecule has 0 radical (unpaired) electrons. The van der Waals surface area contributed by atoms with Gasteiger partial charge in [0.05, 0.1) is 5.69 Å². The lowest BCUT2D eigenvalue weighted by Gasteiger charge is -2.15. The lowest BCUT2D eigenvalue weighted by atomic mass is 10.2. The smallest absolute Gasteiger partial charge is 0.146 e. The third-order valence-electron chi connectivity index (χ3n) is 2.89. The SMILES string of the molecule is Cc1cccc(OCC(O)CNc2cc(Br)ccc2F)c1. The van der Waals surface area contributed by atoms with Gasteiger partial charge in [0.1, 0.15) is 24.3 Å². The second-order valence-corrected chi connectivity index (χ2v) is 5.70. The summed E-state index contributed by atoms with van der Waals surface area (Å²) in [6.45, 7) is 2.33. The van der Waals surface area contributed by atoms with Gasteiger partial charge in [-0.2, -0.15) is 0 Å². The zero-order valence-corrected chi connectivity index (χ0v) is 13.2. The summed E-state index contributed by atoms with van der Waals surface area (Å²) in [6.07, 6.45) is -0.733. The zero-order valence-electron chi connectivity index (χ0n) is 11.6. The Bertz CT molecular complexity index is 607. The lowest BCUT2D eigenvalue weighted by Crippen LogP contribution is -2.26. The first kappa shape index (κ1) is 15.8. The van der Waals surface area contributed by atoms with Gasteiger partial charge in [-0.05, 0) is 42.8 Å². The molecule has 1 atom stereocenters. The summed E-state index contributed by atoms with van der Waals surface area (Å²) in [5, 5.41) is 12.7. The van der Waals surface area contributed by atoms with Crippen LogP contribution in [0.15, 0.2) is 46.9 Å². The van der Waals surface area contributed by atoms with Crippen molar-refractivity contribution in [3.8, 4) is 5.75 Å². The third kappa shape index (κ3) is 5.02. The van der Waals surface area contributed by atoms with Crippen LogP contribution in [0, 0.1) is 12.7 Å². The van der Waals surface area contributed by atoms with E-state index in [9.17, 15) is 9.50 Å². The van der Waals surface area contributed by atoms with Crippen LogP contribution in [0.1, 0.15) is 5.56 Å². The van der Waals surface area contributed by atoms with Crippen molar-refractivity contribution in [2.75, 3.05) is 18.5 Å². The normalized spacial score (nSPS) is 12.0. The first-order valence-corrected chi connectivity index (χ1v) is 7.40. The van der Waals surface area contributed by atoms with Crippen molar-refractivity contribution in [2.24, 2.45) is 0 Å². The number of rotatable bonds is 6. The molecule has 0 aliphatic carbocycles. The largest absolute Gasteiger partial charge is 0.491 e. The van der Waals surface area contributed by atoms with E-state index in [1.807, 2.05) is 31.2 Å². The fourth-order valence-electron chi connectivity index (χ4n) is 1.82. The van der Waals surface area contributed by atoms with E-state index in [0.29, 0.717) is 11.4 Å². The maximum Gasteiger partial charge on any atom is 0.146 e. The summed E-state index contributed by atoms with van der Waals surface area (Å²) in [6, 6.07) is 12.2. The average molecular weight is 354 g/mol. The second-order valence-electron chi connectivity index (χ2n) is 4.79. The number of hydrogen-bond donors (Lipinski definition) is 2. The van der Waals surface area contributed by atoms with E-state index in [1.165, 1.54) is 6.07 Å². The van der Waals surface area contributed by atoms with Crippen LogP contribution in [0.2, 0.25) is 0 Å². The molecular weight excluding hydrogens is 337 g/mol. The summed E-state index contributed by atoms with van der Waals surface area (Å²) in [4.78, 5) is 0. The minimum atomic E-state index is -0.733. The van der Waals surface area contributed by atoms with Gasteiger partial charge >= 0.3 is 0 Å². The Morgan fingerprint density at radius 2 is 2.10 bits per heavy atom. The Labute approximate surface area is 131 Å². The monoisotopic (exact) mass is 353 g/mol. The Morgan fingerprint density at radius 1 is 1.29 bits per heavy atom. The van der Waals surface area contributed by atoms with Crippen LogP contribution in [0.4, 0.5) is 10.1 Å². The second kappa shape index (κ2) is 7.43. The van der Waals surface area contributed by atoms with Gasteiger partial charge in [0, 0.05) is 11.0 Å². The number of aliphatic hydroxyl groups excluding tert-OH is 1. The topological polar surface area (TPSA) is 41.5 Å². The molecule has 0 aromatic heterocycles. The Balaban J connectivity index is 1.82. The van der Waals surface area contributed by atoms with Crippen molar-refractivity contribution in [3.05, 3.63) is 58.3 Å². The molecule has 0 spiro atoms. The molecule has 0 aliphatic rings. The number of aryl methyl sites for hydroxylation is 1. The molecule has 0 aliphatic heterocycles. The van der Waals surface area contributed by atoms with Gasteiger partial charge in [-0.3, -0.25) is 0 Å². The predicted molar refractivity (Wildman–Crippen MR) is 85.3 cm³/mol. The number of anilines is 1. The highest BCUT2D eigenvalue weighted by Crippen LogP contribution is 2.20. The van der Waals surface area contributed by atoms with Gasteiger partial charge in [-0.1, -0.05) is 28.1 Å². The molecule has 0 amide bonds. The molecule has 0 saturated carbocycles. The van der Waals surface area contributed by atoms with Crippen LogP contribution in [-0.2, 0) is 0 Å². The maximum atomic E-state index is 13.5. The number of nitrogens with one attached hydrogen (secondary N) is 1. The molecule has 112 valence electrons. The number of benzene rings is 2. The molecule has 2 aromatic rings. The summed E-state index contributed by atoms with van der Waals surface area (Å²) < 4.78 is 19.8. The van der Waals surface area contributed by atoms with E-state index in [2.05, 4.69) is 21.2 Å². The van der Waals surface area contributed by atoms with Crippen LogP contribution in [0.25, 0.3) is 0 Å². The van der Waals surface area contributed by atoms with Gasteiger partial charge in [-0.15, -0.1) is 0 Å². The van der Waals surface area contributed by atoms with Crippen LogP contribution < -0.4 is 10.1 Å². The van der Waals surface area contributed by atoms with E-state index < -0.39 is 6.10 Å². The minimum Gasteiger partial charge on any atom is -0.491 e. The molecule has 21 heavy (non-hydrogen) atoms. The quantitative estimate of drug-likeness (QED) is 0.830. The predicted octanol–water partition coefficient (Wildman–Crippen LogP) is 3.75. The number of aliphatic hydroxyl groups is 1.